The molecular weight excluding hydrogens is 392 g/mol. The first-order chi connectivity index (χ1) is 13.7. The van der Waals surface area contributed by atoms with Crippen LogP contribution in [0.1, 0.15) is 16.1 Å². The molecule has 0 aliphatic carbocycles. The number of carbonyl (C=O) groups excluding carboxylic acids is 1. The number of hydrogen-bond acceptors (Lipinski definition) is 4. The number of carbonyl (C=O) groups is 1. The number of hydrogen-bond donors (Lipinski definition) is 1. The van der Waals surface area contributed by atoms with Crippen molar-refractivity contribution in [1.29, 1.82) is 0 Å². The fourth-order valence-electron chi connectivity index (χ4n) is 2.45. The monoisotopic (exact) mass is 406 g/mol. The summed E-state index contributed by atoms with van der Waals surface area (Å²) in [5.41, 5.74) is 0.928. The molecule has 0 radical (unpaired) electrons. The molecular formula is C20H14F4N2O3. The molecule has 0 saturated carbocycles. The lowest BCUT2D eigenvalue weighted by atomic mass is 10.2. The molecule has 0 atom stereocenters. The fraction of sp³-hybridized carbons (Fsp3) is 0.100. The molecule has 9 heteroatoms. The van der Waals surface area contributed by atoms with Gasteiger partial charge >= 0.3 is 6.36 Å². The van der Waals surface area contributed by atoms with Crippen LogP contribution in [-0.4, -0.2) is 17.3 Å². The van der Waals surface area contributed by atoms with Gasteiger partial charge in [0.25, 0.3) is 5.91 Å². The van der Waals surface area contributed by atoms with Crippen molar-refractivity contribution in [3.05, 3.63) is 77.9 Å². The van der Waals surface area contributed by atoms with Gasteiger partial charge in [0.1, 0.15) is 17.2 Å². The minimum atomic E-state index is -4.79. The number of rotatable bonds is 5. The zero-order valence-electron chi connectivity index (χ0n) is 15.0. The van der Waals surface area contributed by atoms with Gasteiger partial charge in [0.05, 0.1) is 11.3 Å². The molecule has 0 aliphatic heterocycles. The Morgan fingerprint density at radius 1 is 0.966 bits per heavy atom. The summed E-state index contributed by atoms with van der Waals surface area (Å²) < 4.78 is 59.3. The van der Waals surface area contributed by atoms with E-state index < -0.39 is 24.0 Å². The Labute approximate surface area is 162 Å². The van der Waals surface area contributed by atoms with Crippen LogP contribution in [0.3, 0.4) is 0 Å². The lowest BCUT2D eigenvalue weighted by Crippen LogP contribution is -2.17. The largest absolute Gasteiger partial charge is 0.573 e. The van der Waals surface area contributed by atoms with E-state index in [0.29, 0.717) is 11.4 Å². The second kappa shape index (κ2) is 8.17. The van der Waals surface area contributed by atoms with Crippen LogP contribution in [0.5, 0.6) is 17.2 Å². The Morgan fingerprint density at radius 3 is 2.31 bits per heavy atom. The Kier molecular flexibility index (Phi) is 5.67. The number of pyridine rings is 1. The van der Waals surface area contributed by atoms with Gasteiger partial charge in [-0.3, -0.25) is 4.79 Å². The van der Waals surface area contributed by atoms with Crippen LogP contribution in [0.15, 0.2) is 60.7 Å². The standard InChI is InChI=1S/C20H14F4N2O3/c1-12-17(9-10-18(21)25-12)19(27)26-13-5-7-14(8-6-13)28-15-3-2-4-16(11-15)29-20(22,23)24/h2-11H,1H3,(H,26,27). The average molecular weight is 406 g/mol. The lowest BCUT2D eigenvalue weighted by molar-refractivity contribution is -0.274. The Balaban J connectivity index is 1.66. The minimum absolute atomic E-state index is 0.150. The van der Waals surface area contributed by atoms with E-state index in [9.17, 15) is 22.4 Å². The SMILES string of the molecule is Cc1nc(F)ccc1C(=O)Nc1ccc(Oc2cccc(OC(F)(F)F)c2)cc1. The van der Waals surface area contributed by atoms with Gasteiger partial charge in [-0.05, 0) is 55.5 Å². The van der Waals surface area contributed by atoms with Crippen LogP contribution in [-0.2, 0) is 0 Å². The maximum Gasteiger partial charge on any atom is 0.573 e. The normalized spacial score (nSPS) is 11.1. The summed E-state index contributed by atoms with van der Waals surface area (Å²) in [5.74, 6) is -1.04. The number of alkyl halides is 3. The molecule has 1 aromatic heterocycles. The molecule has 3 aromatic rings. The highest BCUT2D eigenvalue weighted by atomic mass is 19.4. The zero-order chi connectivity index (χ0) is 21.0. The van der Waals surface area contributed by atoms with Crippen LogP contribution in [0.4, 0.5) is 23.2 Å². The van der Waals surface area contributed by atoms with Crippen molar-refractivity contribution in [3.8, 4) is 17.2 Å². The first-order valence-corrected chi connectivity index (χ1v) is 8.28. The van der Waals surface area contributed by atoms with Crippen LogP contribution in [0, 0.1) is 12.9 Å². The number of aromatic nitrogens is 1. The third-order valence-electron chi connectivity index (χ3n) is 3.68. The zero-order valence-corrected chi connectivity index (χ0v) is 15.0. The Hall–Kier alpha value is -3.62. The number of aryl methyl sites for hydroxylation is 1. The molecule has 0 unspecified atom stereocenters. The van der Waals surface area contributed by atoms with E-state index in [0.717, 1.165) is 18.2 Å². The molecule has 0 aliphatic rings. The van der Waals surface area contributed by atoms with E-state index in [4.69, 9.17) is 4.74 Å². The van der Waals surface area contributed by atoms with Gasteiger partial charge in [-0.2, -0.15) is 4.39 Å². The fourth-order valence-corrected chi connectivity index (χ4v) is 2.45. The quantitative estimate of drug-likeness (QED) is 0.451. The second-order valence-electron chi connectivity index (χ2n) is 5.87. The van der Waals surface area contributed by atoms with Gasteiger partial charge in [-0.1, -0.05) is 6.07 Å². The minimum Gasteiger partial charge on any atom is -0.457 e. The van der Waals surface area contributed by atoms with Gasteiger partial charge in [-0.15, -0.1) is 13.2 Å². The van der Waals surface area contributed by atoms with Crippen molar-refractivity contribution in [1.82, 2.24) is 4.98 Å². The smallest absolute Gasteiger partial charge is 0.457 e. The Bertz CT molecular complexity index is 1020. The second-order valence-corrected chi connectivity index (χ2v) is 5.87. The predicted octanol–water partition coefficient (Wildman–Crippen LogP) is 5.47. The van der Waals surface area contributed by atoms with Gasteiger partial charge in [0.15, 0.2) is 0 Å². The number of nitrogens with one attached hydrogen (secondary N) is 1. The van der Waals surface area contributed by atoms with Gasteiger partial charge in [0, 0.05) is 11.8 Å². The number of halogens is 4. The highest BCUT2D eigenvalue weighted by molar-refractivity contribution is 6.04. The van der Waals surface area contributed by atoms with Crippen molar-refractivity contribution in [3.63, 3.8) is 0 Å². The van der Waals surface area contributed by atoms with E-state index in [1.165, 1.54) is 37.3 Å². The third-order valence-corrected chi connectivity index (χ3v) is 3.68. The molecule has 29 heavy (non-hydrogen) atoms. The summed E-state index contributed by atoms with van der Waals surface area (Å²) in [5, 5.41) is 2.64. The molecule has 5 nitrogen and oxygen atoms in total. The van der Waals surface area contributed by atoms with Crippen molar-refractivity contribution in [2.24, 2.45) is 0 Å². The maximum atomic E-state index is 13.0. The number of amides is 1. The topological polar surface area (TPSA) is 60.5 Å². The lowest BCUT2D eigenvalue weighted by Gasteiger charge is -2.11. The molecule has 1 amide bonds. The summed E-state index contributed by atoms with van der Waals surface area (Å²) in [6, 6.07) is 13.7. The summed E-state index contributed by atoms with van der Waals surface area (Å²) in [6.07, 6.45) is -4.79. The van der Waals surface area contributed by atoms with Crippen molar-refractivity contribution >= 4 is 11.6 Å². The van der Waals surface area contributed by atoms with Crippen molar-refractivity contribution in [2.75, 3.05) is 5.32 Å². The van der Waals surface area contributed by atoms with E-state index in [2.05, 4.69) is 15.0 Å². The molecule has 1 heterocycles. The average Bonchev–Trinajstić information content (AvgIpc) is 2.62. The van der Waals surface area contributed by atoms with Crippen molar-refractivity contribution in [2.45, 2.75) is 13.3 Å². The molecule has 0 bridgehead atoms. The molecule has 0 saturated heterocycles. The van der Waals surface area contributed by atoms with Crippen LogP contribution in [0.2, 0.25) is 0 Å². The van der Waals surface area contributed by atoms with E-state index >= 15 is 0 Å². The molecule has 0 fully saturated rings. The van der Waals surface area contributed by atoms with Crippen LogP contribution in [0.25, 0.3) is 0 Å². The number of nitrogens with zero attached hydrogens (tertiary/aromatic N) is 1. The Morgan fingerprint density at radius 2 is 1.66 bits per heavy atom. The molecule has 2 aromatic carbocycles. The van der Waals surface area contributed by atoms with Gasteiger partial charge < -0.3 is 14.8 Å². The molecule has 0 spiro atoms. The summed E-state index contributed by atoms with van der Waals surface area (Å²) >= 11 is 0. The summed E-state index contributed by atoms with van der Waals surface area (Å²) in [6.45, 7) is 1.52. The highest BCUT2D eigenvalue weighted by Crippen LogP contribution is 2.29. The molecule has 150 valence electrons. The summed E-state index contributed by atoms with van der Waals surface area (Å²) in [4.78, 5) is 15.9. The number of anilines is 1. The van der Waals surface area contributed by atoms with Crippen molar-refractivity contribution < 1.29 is 31.8 Å². The van der Waals surface area contributed by atoms with E-state index in [-0.39, 0.29) is 17.0 Å². The third kappa shape index (κ3) is 5.68. The number of ether oxygens (including phenoxy) is 2. The summed E-state index contributed by atoms with van der Waals surface area (Å²) in [7, 11) is 0. The first kappa shape index (κ1) is 20.1. The van der Waals surface area contributed by atoms with Crippen LogP contribution < -0.4 is 14.8 Å². The molecule has 1 N–H and O–H groups in total. The van der Waals surface area contributed by atoms with Crippen LogP contribution >= 0.6 is 0 Å². The van der Waals surface area contributed by atoms with Gasteiger partial charge in [0.2, 0.25) is 5.95 Å². The van der Waals surface area contributed by atoms with Gasteiger partial charge in [-0.25, -0.2) is 4.98 Å². The van der Waals surface area contributed by atoms with E-state index in [1.54, 1.807) is 12.1 Å². The maximum absolute atomic E-state index is 13.0. The predicted molar refractivity (Wildman–Crippen MR) is 96.5 cm³/mol. The first-order valence-electron chi connectivity index (χ1n) is 8.28. The highest BCUT2D eigenvalue weighted by Gasteiger charge is 2.31. The molecule has 3 rings (SSSR count). The van der Waals surface area contributed by atoms with E-state index in [1.807, 2.05) is 0 Å². The number of benzene rings is 2.